The summed E-state index contributed by atoms with van der Waals surface area (Å²) in [5.41, 5.74) is 2.65. The maximum Gasteiger partial charge on any atom is 0.251 e. The largest absolute Gasteiger partial charge is 0.375 e. The van der Waals surface area contributed by atoms with Crippen molar-refractivity contribution in [2.45, 2.75) is 13.0 Å². The molecule has 22 heavy (non-hydrogen) atoms. The van der Waals surface area contributed by atoms with Crippen molar-refractivity contribution < 1.29 is 9.53 Å². The Morgan fingerprint density at radius 2 is 1.91 bits per heavy atom. The van der Waals surface area contributed by atoms with Gasteiger partial charge in [-0.25, -0.2) is 0 Å². The monoisotopic (exact) mass is 337 g/mol. The van der Waals surface area contributed by atoms with E-state index in [-0.39, 0.29) is 12.0 Å². The minimum Gasteiger partial charge on any atom is -0.375 e. The second-order valence-electron chi connectivity index (χ2n) is 4.92. The van der Waals surface area contributed by atoms with Gasteiger partial charge in [-0.15, -0.1) is 0 Å². The summed E-state index contributed by atoms with van der Waals surface area (Å²) in [4.78, 5) is 12.2. The third kappa shape index (κ3) is 4.01. The summed E-state index contributed by atoms with van der Waals surface area (Å²) >= 11 is 11.8. The van der Waals surface area contributed by atoms with Crippen LogP contribution in [0.5, 0.6) is 0 Å². The molecule has 0 heterocycles. The Kier molecular flexibility index (Phi) is 5.83. The fourth-order valence-corrected chi connectivity index (χ4v) is 2.49. The number of aryl methyl sites for hydroxylation is 1. The van der Waals surface area contributed by atoms with Crippen LogP contribution in [-0.2, 0) is 4.74 Å². The van der Waals surface area contributed by atoms with Gasteiger partial charge < -0.3 is 10.1 Å². The summed E-state index contributed by atoms with van der Waals surface area (Å²) in [7, 11) is 1.63. The maximum atomic E-state index is 12.2. The summed E-state index contributed by atoms with van der Waals surface area (Å²) in [5.74, 6) is -0.214. The second kappa shape index (κ2) is 7.63. The summed E-state index contributed by atoms with van der Waals surface area (Å²) in [5, 5.41) is 3.64. The van der Waals surface area contributed by atoms with Gasteiger partial charge in [0.15, 0.2) is 0 Å². The average molecular weight is 338 g/mol. The van der Waals surface area contributed by atoms with E-state index in [0.29, 0.717) is 22.2 Å². The molecule has 116 valence electrons. The van der Waals surface area contributed by atoms with Gasteiger partial charge in [-0.2, -0.15) is 0 Å². The SMILES string of the molecule is COC(CNC(=O)c1ccc(Cl)c(Cl)c1)c1ccccc1C. The van der Waals surface area contributed by atoms with Crippen molar-refractivity contribution in [1.29, 1.82) is 0 Å². The van der Waals surface area contributed by atoms with E-state index < -0.39 is 0 Å². The van der Waals surface area contributed by atoms with Crippen LogP contribution in [0.25, 0.3) is 0 Å². The molecule has 2 aromatic carbocycles. The van der Waals surface area contributed by atoms with E-state index in [1.165, 1.54) is 0 Å². The zero-order valence-corrected chi connectivity index (χ0v) is 13.9. The number of rotatable bonds is 5. The third-order valence-corrected chi connectivity index (χ3v) is 4.19. The molecule has 2 rings (SSSR count). The quantitative estimate of drug-likeness (QED) is 0.876. The van der Waals surface area contributed by atoms with Crippen LogP contribution < -0.4 is 5.32 Å². The molecule has 0 spiro atoms. The lowest BCUT2D eigenvalue weighted by atomic mass is 10.0. The Hall–Kier alpha value is -1.55. The van der Waals surface area contributed by atoms with Crippen molar-refractivity contribution in [2.24, 2.45) is 0 Å². The smallest absolute Gasteiger partial charge is 0.251 e. The van der Waals surface area contributed by atoms with Crippen molar-refractivity contribution in [3.05, 3.63) is 69.2 Å². The van der Waals surface area contributed by atoms with Crippen LogP contribution in [0.4, 0.5) is 0 Å². The molecule has 0 aromatic heterocycles. The molecule has 1 unspecified atom stereocenters. The molecule has 0 aliphatic rings. The summed E-state index contributed by atoms with van der Waals surface area (Å²) in [6.07, 6.45) is -0.201. The molecule has 5 heteroatoms. The Bertz CT molecular complexity index is 673. The predicted molar refractivity (Wildman–Crippen MR) is 89.7 cm³/mol. The number of amides is 1. The molecular weight excluding hydrogens is 321 g/mol. The van der Waals surface area contributed by atoms with Crippen molar-refractivity contribution >= 4 is 29.1 Å². The molecule has 0 aliphatic carbocycles. The number of carbonyl (C=O) groups is 1. The predicted octanol–water partition coefficient (Wildman–Crippen LogP) is 4.42. The minimum atomic E-state index is -0.214. The van der Waals surface area contributed by atoms with E-state index in [4.69, 9.17) is 27.9 Å². The Labute approximate surface area is 140 Å². The lowest BCUT2D eigenvalue weighted by Crippen LogP contribution is -2.29. The highest BCUT2D eigenvalue weighted by Crippen LogP contribution is 2.23. The zero-order valence-electron chi connectivity index (χ0n) is 12.4. The third-order valence-electron chi connectivity index (χ3n) is 3.45. The Morgan fingerprint density at radius 1 is 1.18 bits per heavy atom. The molecule has 0 bridgehead atoms. The lowest BCUT2D eigenvalue weighted by molar-refractivity contribution is 0.0826. The standard InChI is InChI=1S/C17H17Cl2NO2/c1-11-5-3-4-6-13(11)16(22-2)10-20-17(21)12-7-8-14(18)15(19)9-12/h3-9,16H,10H2,1-2H3,(H,20,21). The van der Waals surface area contributed by atoms with Crippen LogP contribution in [0.3, 0.4) is 0 Å². The Morgan fingerprint density at radius 3 is 2.55 bits per heavy atom. The van der Waals surface area contributed by atoms with Gasteiger partial charge in [0.25, 0.3) is 5.91 Å². The van der Waals surface area contributed by atoms with Gasteiger partial charge in [-0.1, -0.05) is 47.5 Å². The van der Waals surface area contributed by atoms with Gasteiger partial charge in [0.05, 0.1) is 16.1 Å². The van der Waals surface area contributed by atoms with Crippen molar-refractivity contribution in [2.75, 3.05) is 13.7 Å². The summed E-state index contributed by atoms with van der Waals surface area (Å²) in [6, 6.07) is 12.7. The number of ether oxygens (including phenoxy) is 1. The van der Waals surface area contributed by atoms with E-state index in [0.717, 1.165) is 11.1 Å². The molecule has 1 atom stereocenters. The number of hydrogen-bond acceptors (Lipinski definition) is 2. The molecule has 0 fully saturated rings. The van der Waals surface area contributed by atoms with Crippen molar-refractivity contribution in [3.63, 3.8) is 0 Å². The van der Waals surface area contributed by atoms with Gasteiger partial charge in [0.1, 0.15) is 0 Å². The average Bonchev–Trinajstić information content (AvgIpc) is 2.52. The first-order valence-corrected chi connectivity index (χ1v) is 7.60. The maximum absolute atomic E-state index is 12.2. The highest BCUT2D eigenvalue weighted by molar-refractivity contribution is 6.42. The topological polar surface area (TPSA) is 38.3 Å². The normalized spacial score (nSPS) is 12.0. The summed E-state index contributed by atoms with van der Waals surface area (Å²) in [6.45, 7) is 2.39. The van der Waals surface area contributed by atoms with Gasteiger partial charge in [-0.05, 0) is 36.2 Å². The molecule has 0 radical (unpaired) electrons. The zero-order chi connectivity index (χ0) is 16.1. The highest BCUT2D eigenvalue weighted by atomic mass is 35.5. The van der Waals surface area contributed by atoms with Crippen LogP contribution in [0.15, 0.2) is 42.5 Å². The van der Waals surface area contributed by atoms with Gasteiger partial charge >= 0.3 is 0 Å². The number of halogens is 2. The second-order valence-corrected chi connectivity index (χ2v) is 5.73. The fraction of sp³-hybridized carbons (Fsp3) is 0.235. The highest BCUT2D eigenvalue weighted by Gasteiger charge is 2.15. The molecule has 0 aliphatic heterocycles. The van der Waals surface area contributed by atoms with Crippen molar-refractivity contribution in [3.8, 4) is 0 Å². The van der Waals surface area contributed by atoms with Gasteiger partial charge in [0.2, 0.25) is 0 Å². The van der Waals surface area contributed by atoms with Crippen LogP contribution in [0, 0.1) is 6.92 Å². The molecule has 1 N–H and O–H groups in total. The lowest BCUT2D eigenvalue weighted by Gasteiger charge is -2.18. The van der Waals surface area contributed by atoms with Crippen molar-refractivity contribution in [1.82, 2.24) is 5.32 Å². The van der Waals surface area contributed by atoms with Crippen LogP contribution in [-0.4, -0.2) is 19.6 Å². The molecule has 0 saturated heterocycles. The molecule has 1 amide bonds. The number of carbonyl (C=O) groups excluding carboxylic acids is 1. The molecule has 3 nitrogen and oxygen atoms in total. The number of methoxy groups -OCH3 is 1. The number of benzene rings is 2. The van der Waals surface area contributed by atoms with Crippen LogP contribution >= 0.6 is 23.2 Å². The van der Waals surface area contributed by atoms with Gasteiger partial charge in [0, 0.05) is 19.2 Å². The van der Waals surface area contributed by atoms with E-state index in [2.05, 4.69) is 5.32 Å². The van der Waals surface area contributed by atoms with Gasteiger partial charge in [-0.3, -0.25) is 4.79 Å². The first-order valence-electron chi connectivity index (χ1n) is 6.84. The molecule has 0 saturated carbocycles. The molecule has 2 aromatic rings. The first kappa shape index (κ1) is 16.8. The number of nitrogens with one attached hydrogen (secondary N) is 1. The minimum absolute atomic E-state index is 0.201. The van der Waals surface area contributed by atoms with E-state index in [1.54, 1.807) is 25.3 Å². The first-order chi connectivity index (χ1) is 10.5. The fourth-order valence-electron chi connectivity index (χ4n) is 2.19. The summed E-state index contributed by atoms with van der Waals surface area (Å²) < 4.78 is 5.48. The van der Waals surface area contributed by atoms with E-state index >= 15 is 0 Å². The van der Waals surface area contributed by atoms with E-state index in [9.17, 15) is 4.79 Å². The molecular formula is C17H17Cl2NO2. The Balaban J connectivity index is 2.05. The van der Waals surface area contributed by atoms with Crippen LogP contribution in [0.1, 0.15) is 27.6 Å². The van der Waals surface area contributed by atoms with E-state index in [1.807, 2.05) is 31.2 Å². The number of hydrogen-bond donors (Lipinski definition) is 1. The van der Waals surface area contributed by atoms with Crippen LogP contribution in [0.2, 0.25) is 10.0 Å².